The zero-order valence-corrected chi connectivity index (χ0v) is 12.3. The van der Waals surface area contributed by atoms with Gasteiger partial charge in [-0.05, 0) is 30.7 Å². The molecule has 0 spiro atoms. The zero-order chi connectivity index (χ0) is 14.8. The molecular formula is C13H14ClN3O2S. The Balaban J connectivity index is 2.24. The molecule has 3 N–H and O–H groups in total. The molecule has 0 saturated heterocycles. The summed E-state index contributed by atoms with van der Waals surface area (Å²) in [6.07, 6.45) is 1.22. The summed E-state index contributed by atoms with van der Waals surface area (Å²) in [4.78, 5) is 3.84. The standard InChI is InChI=1S/C13H14ClN3O2S/c1-9(11-4-2-3-5-12(11)14)17-20(18,19)10-6-7-13(15)16-8-10/h2-9,17H,1H3,(H2,15,16). The van der Waals surface area contributed by atoms with E-state index in [1.54, 1.807) is 31.2 Å². The lowest BCUT2D eigenvalue weighted by Gasteiger charge is -2.15. The van der Waals surface area contributed by atoms with Gasteiger partial charge in [0.1, 0.15) is 10.7 Å². The molecule has 0 amide bonds. The second kappa shape index (κ2) is 5.78. The number of halogens is 1. The molecule has 20 heavy (non-hydrogen) atoms. The van der Waals surface area contributed by atoms with E-state index in [9.17, 15) is 8.42 Å². The fraction of sp³-hybridized carbons (Fsp3) is 0.154. The summed E-state index contributed by atoms with van der Waals surface area (Å²) in [5.41, 5.74) is 6.15. The number of nitrogens with one attached hydrogen (secondary N) is 1. The highest BCUT2D eigenvalue weighted by Gasteiger charge is 2.19. The van der Waals surface area contributed by atoms with Crippen molar-refractivity contribution in [2.75, 3.05) is 5.73 Å². The normalized spacial score (nSPS) is 13.1. The monoisotopic (exact) mass is 311 g/mol. The summed E-state index contributed by atoms with van der Waals surface area (Å²) in [6.45, 7) is 1.73. The number of nitrogen functional groups attached to an aromatic ring is 1. The Hall–Kier alpha value is -1.63. The van der Waals surface area contributed by atoms with Crippen molar-refractivity contribution in [1.82, 2.24) is 9.71 Å². The average molecular weight is 312 g/mol. The lowest BCUT2D eigenvalue weighted by Crippen LogP contribution is -2.27. The van der Waals surface area contributed by atoms with Gasteiger partial charge in [0.2, 0.25) is 10.0 Å². The molecule has 0 aliphatic carbocycles. The van der Waals surface area contributed by atoms with Gasteiger partial charge in [-0.15, -0.1) is 0 Å². The first-order chi connectivity index (χ1) is 9.40. The molecule has 1 heterocycles. The van der Waals surface area contributed by atoms with E-state index in [4.69, 9.17) is 17.3 Å². The van der Waals surface area contributed by atoms with Gasteiger partial charge in [-0.3, -0.25) is 0 Å². The molecule has 1 unspecified atom stereocenters. The van der Waals surface area contributed by atoms with Crippen LogP contribution in [0.25, 0.3) is 0 Å². The molecule has 0 aliphatic heterocycles. The van der Waals surface area contributed by atoms with Gasteiger partial charge in [0.05, 0.1) is 0 Å². The first-order valence-corrected chi connectivity index (χ1v) is 7.74. The van der Waals surface area contributed by atoms with Gasteiger partial charge in [-0.25, -0.2) is 18.1 Å². The molecular weight excluding hydrogens is 298 g/mol. The molecule has 0 saturated carbocycles. The number of sulfonamides is 1. The van der Waals surface area contributed by atoms with Crippen LogP contribution in [-0.4, -0.2) is 13.4 Å². The molecule has 5 nitrogen and oxygen atoms in total. The molecule has 1 aromatic heterocycles. The van der Waals surface area contributed by atoms with Crippen LogP contribution in [0, 0.1) is 0 Å². The fourth-order valence-corrected chi connectivity index (χ4v) is 3.21. The highest BCUT2D eigenvalue weighted by Crippen LogP contribution is 2.23. The quantitative estimate of drug-likeness (QED) is 0.907. The number of hydrogen-bond acceptors (Lipinski definition) is 4. The van der Waals surface area contributed by atoms with Gasteiger partial charge in [-0.2, -0.15) is 0 Å². The van der Waals surface area contributed by atoms with Gasteiger partial charge >= 0.3 is 0 Å². The Morgan fingerprint density at radius 2 is 1.95 bits per heavy atom. The summed E-state index contributed by atoms with van der Waals surface area (Å²) in [5, 5.41) is 0.512. The van der Waals surface area contributed by atoms with Crippen LogP contribution in [0.3, 0.4) is 0 Å². The Labute approximate surface area is 122 Å². The summed E-state index contributed by atoms with van der Waals surface area (Å²) in [6, 6.07) is 9.47. The molecule has 2 aromatic rings. The number of benzene rings is 1. The molecule has 0 radical (unpaired) electrons. The minimum absolute atomic E-state index is 0.0607. The number of nitrogens with two attached hydrogens (primary N) is 1. The Morgan fingerprint density at radius 3 is 2.55 bits per heavy atom. The van der Waals surface area contributed by atoms with Crippen molar-refractivity contribution < 1.29 is 8.42 Å². The lowest BCUT2D eigenvalue weighted by molar-refractivity contribution is 0.566. The topological polar surface area (TPSA) is 85.1 Å². The van der Waals surface area contributed by atoms with Crippen molar-refractivity contribution in [1.29, 1.82) is 0 Å². The van der Waals surface area contributed by atoms with Gasteiger partial charge < -0.3 is 5.73 Å². The van der Waals surface area contributed by atoms with Crippen molar-refractivity contribution in [3.63, 3.8) is 0 Å². The second-order valence-corrected chi connectivity index (χ2v) is 6.40. The number of hydrogen-bond donors (Lipinski definition) is 2. The average Bonchev–Trinajstić information content (AvgIpc) is 2.39. The third-order valence-corrected chi connectivity index (χ3v) is 4.64. The van der Waals surface area contributed by atoms with Crippen molar-refractivity contribution in [2.24, 2.45) is 0 Å². The van der Waals surface area contributed by atoms with Crippen LogP contribution >= 0.6 is 11.6 Å². The maximum absolute atomic E-state index is 12.2. The molecule has 7 heteroatoms. The van der Waals surface area contributed by atoms with Crippen molar-refractivity contribution in [3.05, 3.63) is 53.2 Å². The third kappa shape index (κ3) is 3.27. The fourth-order valence-electron chi connectivity index (χ4n) is 1.74. The molecule has 106 valence electrons. The highest BCUT2D eigenvalue weighted by molar-refractivity contribution is 7.89. The molecule has 0 fully saturated rings. The van der Waals surface area contributed by atoms with Crippen molar-refractivity contribution in [2.45, 2.75) is 17.9 Å². The SMILES string of the molecule is CC(NS(=O)(=O)c1ccc(N)nc1)c1ccccc1Cl. The largest absolute Gasteiger partial charge is 0.384 e. The summed E-state index contributed by atoms with van der Waals surface area (Å²) >= 11 is 6.05. The lowest BCUT2D eigenvalue weighted by atomic mass is 10.1. The molecule has 0 bridgehead atoms. The van der Waals surface area contributed by atoms with Gasteiger partial charge in [-0.1, -0.05) is 29.8 Å². The van der Waals surface area contributed by atoms with Gasteiger partial charge in [0.15, 0.2) is 0 Å². The van der Waals surface area contributed by atoms with Gasteiger partial charge in [0.25, 0.3) is 0 Å². The van der Waals surface area contributed by atoms with E-state index in [0.717, 1.165) is 0 Å². The van der Waals surface area contributed by atoms with Crippen LogP contribution in [-0.2, 0) is 10.0 Å². The minimum Gasteiger partial charge on any atom is -0.384 e. The summed E-state index contributed by atoms with van der Waals surface area (Å²) in [5.74, 6) is 0.267. The van der Waals surface area contributed by atoms with E-state index < -0.39 is 16.1 Å². The van der Waals surface area contributed by atoms with Crippen LogP contribution < -0.4 is 10.5 Å². The summed E-state index contributed by atoms with van der Waals surface area (Å²) < 4.78 is 27.0. The maximum Gasteiger partial charge on any atom is 0.242 e. The number of nitrogens with zero attached hydrogens (tertiary/aromatic N) is 1. The summed E-state index contributed by atoms with van der Waals surface area (Å²) in [7, 11) is -3.67. The molecule has 2 rings (SSSR count). The van der Waals surface area contributed by atoms with Crippen LogP contribution in [0.4, 0.5) is 5.82 Å². The number of aromatic nitrogens is 1. The zero-order valence-electron chi connectivity index (χ0n) is 10.7. The number of anilines is 1. The highest BCUT2D eigenvalue weighted by atomic mass is 35.5. The Kier molecular flexibility index (Phi) is 4.27. The van der Waals surface area contributed by atoms with E-state index in [1.165, 1.54) is 18.3 Å². The van der Waals surface area contributed by atoms with E-state index in [0.29, 0.717) is 10.6 Å². The van der Waals surface area contributed by atoms with Crippen LogP contribution in [0.2, 0.25) is 5.02 Å². The van der Waals surface area contributed by atoms with E-state index in [1.807, 2.05) is 0 Å². The van der Waals surface area contributed by atoms with E-state index in [2.05, 4.69) is 9.71 Å². The number of rotatable bonds is 4. The van der Waals surface area contributed by atoms with Crippen molar-refractivity contribution >= 4 is 27.4 Å². The van der Waals surface area contributed by atoms with E-state index >= 15 is 0 Å². The first-order valence-electron chi connectivity index (χ1n) is 5.88. The van der Waals surface area contributed by atoms with Crippen LogP contribution in [0.1, 0.15) is 18.5 Å². The Morgan fingerprint density at radius 1 is 1.25 bits per heavy atom. The maximum atomic E-state index is 12.2. The predicted octanol–water partition coefficient (Wildman–Crippen LogP) is 2.36. The van der Waals surface area contributed by atoms with Gasteiger partial charge in [0, 0.05) is 17.3 Å². The number of pyridine rings is 1. The predicted molar refractivity (Wildman–Crippen MR) is 78.8 cm³/mol. The van der Waals surface area contributed by atoms with Crippen molar-refractivity contribution in [3.8, 4) is 0 Å². The third-order valence-electron chi connectivity index (χ3n) is 2.77. The minimum atomic E-state index is -3.67. The second-order valence-electron chi connectivity index (χ2n) is 4.28. The molecule has 1 aromatic carbocycles. The molecule has 0 aliphatic rings. The van der Waals surface area contributed by atoms with Crippen LogP contribution in [0.5, 0.6) is 0 Å². The first kappa shape index (κ1) is 14.8. The van der Waals surface area contributed by atoms with E-state index in [-0.39, 0.29) is 10.7 Å². The van der Waals surface area contributed by atoms with Crippen LogP contribution in [0.15, 0.2) is 47.5 Å². The smallest absolute Gasteiger partial charge is 0.242 e. The Bertz CT molecular complexity index is 702. The molecule has 1 atom stereocenters.